The Morgan fingerprint density at radius 2 is 1.73 bits per heavy atom. The lowest BCUT2D eigenvalue weighted by atomic mass is 9.83. The number of hydrogen-bond donors (Lipinski definition) is 2. The molecule has 5 atom stereocenters. The summed E-state index contributed by atoms with van der Waals surface area (Å²) in [6, 6.07) is 18.3. The summed E-state index contributed by atoms with van der Waals surface area (Å²) in [5.41, 5.74) is 1.27. The molecule has 3 heterocycles. The fraction of sp³-hybridized carbons (Fsp3) is 0.625. The van der Waals surface area contributed by atoms with Gasteiger partial charge in [-0.25, -0.2) is 13.9 Å². The number of ether oxygens (including phenoxy) is 4. The first-order valence-corrected chi connectivity index (χ1v) is 26.5. The number of halogens is 1. The molecule has 14 nitrogen and oxygen atoms in total. The molecule has 3 aromatic rings. The van der Waals surface area contributed by atoms with Gasteiger partial charge in [-0.3, -0.25) is 14.2 Å². The molecule has 18 heteroatoms. The number of alkyl halides is 1. The minimum absolute atomic E-state index is 0.00650. The zero-order valence-corrected chi connectivity index (χ0v) is 42.3. The highest BCUT2D eigenvalue weighted by atomic mass is 33.1. The SMILES string of the molecule is [2H]C[C@H]1O[C@@H](n2ccc(NC(=O)COc3ccccc3)nc2=O)C(F)[C@H]1OP(OCCCCSSC(C)(C)CCC(=O)NCc1ccc(C2OCC(CC)(CC)CO2)cc1)N(C(C)C)C(C)C. The van der Waals surface area contributed by atoms with Crippen molar-refractivity contribution in [2.75, 3.05) is 37.5 Å². The van der Waals surface area contributed by atoms with Crippen LogP contribution in [0.15, 0.2) is 71.7 Å². The van der Waals surface area contributed by atoms with Gasteiger partial charge in [0.1, 0.15) is 17.7 Å². The second kappa shape index (κ2) is 26.0. The van der Waals surface area contributed by atoms with Gasteiger partial charge in [0, 0.05) is 54.1 Å². The number of benzene rings is 2. The molecular weight excluding hydrogens is 905 g/mol. The van der Waals surface area contributed by atoms with Crippen LogP contribution in [0.5, 0.6) is 5.75 Å². The lowest BCUT2D eigenvalue weighted by molar-refractivity contribution is -0.235. The first-order valence-electron chi connectivity index (χ1n) is 23.7. The molecule has 2 aliphatic heterocycles. The van der Waals surface area contributed by atoms with Gasteiger partial charge in [0.15, 0.2) is 25.3 Å². The summed E-state index contributed by atoms with van der Waals surface area (Å²) in [5.74, 6) is 0.871. The maximum Gasteiger partial charge on any atom is 0.351 e. The number of amides is 2. The monoisotopic (exact) mass is 976 g/mol. The predicted molar refractivity (Wildman–Crippen MR) is 262 cm³/mol. The van der Waals surface area contributed by atoms with Crippen LogP contribution in [0.4, 0.5) is 10.2 Å². The number of anilines is 1. The topological polar surface area (TPSA) is 152 Å². The largest absolute Gasteiger partial charge is 0.484 e. The smallest absolute Gasteiger partial charge is 0.351 e. The van der Waals surface area contributed by atoms with Crippen molar-refractivity contribution >= 4 is 47.7 Å². The van der Waals surface area contributed by atoms with Crippen LogP contribution >= 0.6 is 30.1 Å². The van der Waals surface area contributed by atoms with Gasteiger partial charge in [-0.05, 0) is 104 Å². The fourth-order valence-corrected chi connectivity index (χ4v) is 11.9. The quantitative estimate of drug-likeness (QED) is 0.0446. The summed E-state index contributed by atoms with van der Waals surface area (Å²) >= 11 is 0. The van der Waals surface area contributed by atoms with Crippen molar-refractivity contribution in [3.8, 4) is 5.75 Å². The Balaban J connectivity index is 1.03. The van der Waals surface area contributed by atoms with Gasteiger partial charge < -0.3 is 38.6 Å². The summed E-state index contributed by atoms with van der Waals surface area (Å²) in [5, 5.41) is 5.58. The molecule has 2 unspecified atom stereocenters. The molecule has 366 valence electrons. The summed E-state index contributed by atoms with van der Waals surface area (Å²) < 4.78 is 63.9. The first kappa shape index (κ1) is 52.3. The van der Waals surface area contributed by atoms with Gasteiger partial charge in [-0.2, -0.15) is 4.98 Å². The molecule has 2 fully saturated rings. The van der Waals surface area contributed by atoms with E-state index in [-0.39, 0.29) is 53.8 Å². The van der Waals surface area contributed by atoms with Crippen molar-refractivity contribution in [1.29, 1.82) is 0 Å². The lowest BCUT2D eigenvalue weighted by Crippen LogP contribution is -2.38. The molecule has 0 aliphatic carbocycles. The molecule has 1 aromatic heterocycles. The van der Waals surface area contributed by atoms with Crippen LogP contribution in [-0.2, 0) is 39.4 Å². The van der Waals surface area contributed by atoms with E-state index in [4.69, 9.17) is 29.4 Å². The van der Waals surface area contributed by atoms with E-state index in [0.717, 1.165) is 53.6 Å². The molecule has 2 aromatic carbocycles. The molecule has 2 saturated heterocycles. The van der Waals surface area contributed by atoms with Gasteiger partial charge in [-0.1, -0.05) is 77.9 Å². The van der Waals surface area contributed by atoms with E-state index in [2.05, 4.69) is 48.0 Å². The normalized spacial score (nSPS) is 20.7. The standard InChI is InChI=1S/C48H71FN5O9PS2/c1-10-48(11-2)31-59-45(60-32-48)37-21-19-36(20-22-37)29-50-40(55)23-25-47(8,9)66-65-28-16-15-27-61-64(54(33(3)4)34(5)6)63-43-35(7)62-44(42(43)49)53-26-24-39(52-46(53)57)51-41(56)30-58-38-17-13-12-14-18-38/h12-14,17-22,24,26,33-35,42-45H,10-11,15-16,23,25,27-32H2,1-9H3,(H,50,55)(H,51,52,56,57)/t35-,42?,43+,44-,64?/m1/s1/i7D. The maximum absolute atomic E-state index is 16.4. The molecule has 0 saturated carbocycles. The van der Waals surface area contributed by atoms with Crippen LogP contribution in [0.2, 0.25) is 0 Å². The van der Waals surface area contributed by atoms with Crippen LogP contribution in [0.1, 0.15) is 126 Å². The van der Waals surface area contributed by atoms with Crippen LogP contribution in [0, 0.1) is 5.41 Å². The lowest BCUT2D eigenvalue weighted by Gasteiger charge is -2.39. The van der Waals surface area contributed by atoms with Crippen molar-refractivity contribution in [2.24, 2.45) is 5.41 Å². The van der Waals surface area contributed by atoms with Gasteiger partial charge >= 0.3 is 5.69 Å². The highest BCUT2D eigenvalue weighted by Gasteiger charge is 2.48. The third-order valence-corrected chi connectivity index (χ3v) is 17.2. The van der Waals surface area contributed by atoms with E-state index >= 15 is 4.39 Å². The highest BCUT2D eigenvalue weighted by Crippen LogP contribution is 2.50. The van der Waals surface area contributed by atoms with Crippen LogP contribution in [0.3, 0.4) is 0 Å². The van der Waals surface area contributed by atoms with Crippen LogP contribution < -0.4 is 21.1 Å². The minimum atomic E-state index is -1.81. The number of nitrogens with zero attached hydrogens (tertiary/aromatic N) is 3. The predicted octanol–water partition coefficient (Wildman–Crippen LogP) is 10.2. The van der Waals surface area contributed by atoms with E-state index in [0.29, 0.717) is 38.5 Å². The maximum atomic E-state index is 16.4. The number of carbonyl (C=O) groups is 2. The average Bonchev–Trinajstić information content (AvgIpc) is 3.62. The third kappa shape index (κ3) is 16.0. The van der Waals surface area contributed by atoms with Gasteiger partial charge in [0.25, 0.3) is 14.4 Å². The van der Waals surface area contributed by atoms with Gasteiger partial charge in [0.05, 0.1) is 25.9 Å². The summed E-state index contributed by atoms with van der Waals surface area (Å²) in [6.45, 7) is 18.4. The first-order chi connectivity index (χ1) is 32.1. The van der Waals surface area contributed by atoms with Crippen LogP contribution in [0.25, 0.3) is 0 Å². The molecular formula is C48H71FN5O9PS2. The van der Waals surface area contributed by atoms with E-state index < -0.39 is 44.7 Å². The molecule has 0 spiro atoms. The van der Waals surface area contributed by atoms with Crippen molar-refractivity contribution < 1.29 is 43.3 Å². The second-order valence-electron chi connectivity index (χ2n) is 17.9. The van der Waals surface area contributed by atoms with Crippen molar-refractivity contribution in [2.45, 2.75) is 155 Å². The van der Waals surface area contributed by atoms with Gasteiger partial charge in [-0.15, -0.1) is 0 Å². The average molecular weight is 977 g/mol. The summed E-state index contributed by atoms with van der Waals surface area (Å²) in [6.07, 6.45) is 0.416. The van der Waals surface area contributed by atoms with E-state index in [1.54, 1.807) is 45.9 Å². The number of carbonyl (C=O) groups excluding carboxylic acids is 2. The number of hydrogen-bond acceptors (Lipinski definition) is 13. The fourth-order valence-electron chi connectivity index (χ4n) is 7.38. The zero-order valence-electron chi connectivity index (χ0n) is 40.7. The molecule has 66 heavy (non-hydrogen) atoms. The Bertz CT molecular complexity index is 2020. The van der Waals surface area contributed by atoms with Gasteiger partial charge in [0.2, 0.25) is 5.91 Å². The number of rotatable bonds is 26. The zero-order chi connectivity index (χ0) is 48.6. The van der Waals surface area contributed by atoms with E-state index in [1.807, 2.05) is 58.0 Å². The van der Waals surface area contributed by atoms with Crippen molar-refractivity contribution in [1.82, 2.24) is 19.5 Å². The van der Waals surface area contributed by atoms with Crippen LogP contribution in [-0.4, -0.2) is 93.4 Å². The summed E-state index contributed by atoms with van der Waals surface area (Å²) in [4.78, 5) is 42.3. The number of unbranched alkanes of at least 4 members (excludes halogenated alkanes) is 1. The highest BCUT2D eigenvalue weighted by molar-refractivity contribution is 8.77. The number of para-hydroxylation sites is 1. The number of aromatic nitrogens is 2. The number of nitrogens with one attached hydrogen (secondary N) is 2. The Hall–Kier alpha value is -3.12. The van der Waals surface area contributed by atoms with E-state index in [1.165, 1.54) is 12.3 Å². The van der Waals surface area contributed by atoms with Crippen molar-refractivity contribution in [3.63, 3.8) is 0 Å². The molecule has 2 amide bonds. The second-order valence-corrected chi connectivity index (χ2v) is 22.5. The summed E-state index contributed by atoms with van der Waals surface area (Å²) in [7, 11) is 1.77. The Kier molecular flexibility index (Phi) is 20.6. The minimum Gasteiger partial charge on any atom is -0.484 e. The molecule has 2 N–H and O–H groups in total. The Labute approximate surface area is 401 Å². The third-order valence-electron chi connectivity index (χ3n) is 11.6. The van der Waals surface area contributed by atoms with Crippen molar-refractivity contribution in [3.05, 3.63) is 88.5 Å². The molecule has 5 rings (SSSR count). The Morgan fingerprint density at radius 1 is 1.03 bits per heavy atom. The molecule has 2 aliphatic rings. The molecule has 0 bridgehead atoms. The Morgan fingerprint density at radius 3 is 2.36 bits per heavy atom. The molecule has 0 radical (unpaired) electrons. The van der Waals surface area contributed by atoms with E-state index in [9.17, 15) is 14.4 Å².